The molecule has 0 saturated carbocycles. The van der Waals surface area contributed by atoms with Gasteiger partial charge in [-0.3, -0.25) is 4.90 Å². The maximum atomic E-state index is 5.21. The molecule has 2 fully saturated rings. The van der Waals surface area contributed by atoms with Crippen LogP contribution in [0, 0.1) is 11.8 Å². The summed E-state index contributed by atoms with van der Waals surface area (Å²) in [6.07, 6.45) is 1.95. The van der Waals surface area contributed by atoms with Crippen molar-refractivity contribution in [2.75, 3.05) is 26.2 Å². The topological polar surface area (TPSA) is 54.2 Å². The van der Waals surface area contributed by atoms with Crippen LogP contribution in [-0.2, 0) is 13.0 Å². The monoisotopic (exact) mass is 272 g/mol. The molecule has 0 aliphatic carbocycles. The van der Waals surface area contributed by atoms with E-state index in [1.54, 1.807) is 0 Å². The van der Waals surface area contributed by atoms with Gasteiger partial charge in [0.2, 0.25) is 5.89 Å². The Hall–Kier alpha value is -0.650. The number of likely N-dealkylation sites (tertiary alicyclic amines) is 1. The maximum absolute atomic E-state index is 5.21. The van der Waals surface area contributed by atoms with Crippen LogP contribution in [0.5, 0.6) is 0 Å². The average Bonchev–Trinajstić information content (AvgIpc) is 2.95. The van der Waals surface area contributed by atoms with Gasteiger partial charge in [0.1, 0.15) is 0 Å². The number of nitrogens with zero attached hydrogens (tertiary/aromatic N) is 3. The van der Waals surface area contributed by atoms with E-state index in [9.17, 15) is 0 Å². The molecule has 0 unspecified atom stereocenters. The highest BCUT2D eigenvalue weighted by Crippen LogP contribution is 2.26. The third-order valence-electron chi connectivity index (χ3n) is 3.80. The van der Waals surface area contributed by atoms with Crippen LogP contribution < -0.4 is 5.32 Å². The Morgan fingerprint density at radius 3 is 2.72 bits per heavy atom. The first-order valence-corrected chi connectivity index (χ1v) is 6.59. The summed E-state index contributed by atoms with van der Waals surface area (Å²) in [5, 5.41) is 7.50. The van der Waals surface area contributed by atoms with Crippen molar-refractivity contribution < 1.29 is 4.52 Å². The van der Waals surface area contributed by atoms with Gasteiger partial charge in [-0.05, 0) is 31.3 Å². The summed E-state index contributed by atoms with van der Waals surface area (Å²) in [4.78, 5) is 6.88. The molecule has 6 heteroatoms. The van der Waals surface area contributed by atoms with Crippen LogP contribution >= 0.6 is 12.4 Å². The number of hydrogen-bond donors (Lipinski definition) is 1. The number of fused-ring (bicyclic) bond motifs is 1. The highest BCUT2D eigenvalue weighted by Gasteiger charge is 2.36. The molecule has 0 amide bonds. The van der Waals surface area contributed by atoms with Gasteiger partial charge in [0, 0.05) is 19.5 Å². The zero-order chi connectivity index (χ0) is 11.7. The lowest BCUT2D eigenvalue weighted by molar-refractivity contribution is 0.289. The zero-order valence-electron chi connectivity index (χ0n) is 10.8. The summed E-state index contributed by atoms with van der Waals surface area (Å²) in [5.74, 6) is 3.29. The second-order valence-corrected chi connectivity index (χ2v) is 5.23. The Kier molecular flexibility index (Phi) is 4.59. The Morgan fingerprint density at radius 2 is 2.06 bits per heavy atom. The lowest BCUT2D eigenvalue weighted by Crippen LogP contribution is -2.25. The molecule has 18 heavy (non-hydrogen) atoms. The van der Waals surface area contributed by atoms with Crippen molar-refractivity contribution in [1.82, 2.24) is 20.4 Å². The summed E-state index contributed by atoms with van der Waals surface area (Å²) in [7, 11) is 0. The van der Waals surface area contributed by atoms with Crippen LogP contribution in [0.4, 0.5) is 0 Å². The third-order valence-corrected chi connectivity index (χ3v) is 3.80. The van der Waals surface area contributed by atoms with Gasteiger partial charge >= 0.3 is 0 Å². The fourth-order valence-corrected chi connectivity index (χ4v) is 2.95. The summed E-state index contributed by atoms with van der Waals surface area (Å²) in [6.45, 7) is 7.67. The molecule has 3 rings (SSSR count). The van der Waals surface area contributed by atoms with E-state index < -0.39 is 0 Å². The van der Waals surface area contributed by atoms with E-state index in [2.05, 4.69) is 27.3 Å². The quantitative estimate of drug-likeness (QED) is 0.889. The fourth-order valence-electron chi connectivity index (χ4n) is 2.95. The van der Waals surface area contributed by atoms with Crippen molar-refractivity contribution in [1.29, 1.82) is 0 Å². The summed E-state index contributed by atoms with van der Waals surface area (Å²) < 4.78 is 5.21. The molecule has 1 aromatic heterocycles. The van der Waals surface area contributed by atoms with E-state index in [0.29, 0.717) is 0 Å². The molecule has 2 atom stereocenters. The number of halogens is 1. The number of nitrogens with one attached hydrogen (secondary N) is 1. The maximum Gasteiger partial charge on any atom is 0.226 e. The molecule has 102 valence electrons. The molecule has 2 aliphatic rings. The Bertz CT molecular complexity index is 372. The number of hydrogen-bond acceptors (Lipinski definition) is 5. The molecule has 0 spiro atoms. The molecule has 3 heterocycles. The number of aromatic nitrogens is 2. The summed E-state index contributed by atoms with van der Waals surface area (Å²) in [5.41, 5.74) is 0. The van der Waals surface area contributed by atoms with E-state index in [1.165, 1.54) is 26.2 Å². The van der Waals surface area contributed by atoms with Crippen LogP contribution in [0.1, 0.15) is 25.1 Å². The SMILES string of the molecule is CCCc1nc(CN2C[C@H]3CNC[C@H]3C2)no1.Cl. The van der Waals surface area contributed by atoms with Gasteiger partial charge in [0.15, 0.2) is 5.82 Å². The lowest BCUT2D eigenvalue weighted by Gasteiger charge is -2.13. The molecule has 1 aromatic rings. The van der Waals surface area contributed by atoms with E-state index >= 15 is 0 Å². The van der Waals surface area contributed by atoms with Gasteiger partial charge in [0.05, 0.1) is 6.54 Å². The summed E-state index contributed by atoms with van der Waals surface area (Å²) in [6, 6.07) is 0. The predicted molar refractivity (Wildman–Crippen MR) is 70.7 cm³/mol. The van der Waals surface area contributed by atoms with Crippen LogP contribution in [0.15, 0.2) is 4.52 Å². The van der Waals surface area contributed by atoms with Crippen molar-refractivity contribution in [3.8, 4) is 0 Å². The van der Waals surface area contributed by atoms with E-state index in [4.69, 9.17) is 4.52 Å². The van der Waals surface area contributed by atoms with Gasteiger partial charge in [0.25, 0.3) is 0 Å². The molecule has 2 saturated heterocycles. The first-order chi connectivity index (χ1) is 8.35. The minimum Gasteiger partial charge on any atom is -0.339 e. The predicted octanol–water partition coefficient (Wildman–Crippen LogP) is 1.10. The second kappa shape index (κ2) is 5.99. The zero-order valence-corrected chi connectivity index (χ0v) is 11.6. The van der Waals surface area contributed by atoms with E-state index in [1.807, 2.05) is 0 Å². The highest BCUT2D eigenvalue weighted by molar-refractivity contribution is 5.85. The molecular weight excluding hydrogens is 252 g/mol. The standard InChI is InChI=1S/C12H20N4O.ClH/c1-2-3-12-14-11(15-17-12)8-16-6-9-4-13-5-10(9)7-16;/h9-10,13H,2-8H2,1H3;1H/t9-,10+;. The van der Waals surface area contributed by atoms with Crippen molar-refractivity contribution in [3.63, 3.8) is 0 Å². The summed E-state index contributed by atoms with van der Waals surface area (Å²) >= 11 is 0. The molecule has 5 nitrogen and oxygen atoms in total. The smallest absolute Gasteiger partial charge is 0.226 e. The van der Waals surface area contributed by atoms with Gasteiger partial charge in [-0.2, -0.15) is 4.98 Å². The number of aryl methyl sites for hydroxylation is 1. The van der Waals surface area contributed by atoms with Crippen LogP contribution in [0.2, 0.25) is 0 Å². The highest BCUT2D eigenvalue weighted by atomic mass is 35.5. The third kappa shape index (κ3) is 2.84. The van der Waals surface area contributed by atoms with Gasteiger partial charge < -0.3 is 9.84 Å². The molecular formula is C12H21ClN4O. The van der Waals surface area contributed by atoms with Gasteiger partial charge in [-0.15, -0.1) is 12.4 Å². The Labute approximate surface area is 114 Å². The lowest BCUT2D eigenvalue weighted by atomic mass is 10.0. The van der Waals surface area contributed by atoms with Crippen LogP contribution in [0.25, 0.3) is 0 Å². The largest absolute Gasteiger partial charge is 0.339 e. The number of rotatable bonds is 4. The van der Waals surface area contributed by atoms with Gasteiger partial charge in [-0.1, -0.05) is 12.1 Å². The first-order valence-electron chi connectivity index (χ1n) is 6.59. The van der Waals surface area contributed by atoms with Crippen molar-refractivity contribution >= 4 is 12.4 Å². The molecule has 2 aliphatic heterocycles. The first kappa shape index (κ1) is 13.8. The van der Waals surface area contributed by atoms with Crippen LogP contribution in [-0.4, -0.2) is 41.2 Å². The minimum atomic E-state index is 0. The Balaban J connectivity index is 0.00000120. The van der Waals surface area contributed by atoms with Gasteiger partial charge in [-0.25, -0.2) is 0 Å². The fraction of sp³-hybridized carbons (Fsp3) is 0.833. The molecule has 0 bridgehead atoms. The normalized spacial score (nSPS) is 27.2. The van der Waals surface area contributed by atoms with E-state index in [0.717, 1.165) is 42.9 Å². The van der Waals surface area contributed by atoms with Crippen LogP contribution in [0.3, 0.4) is 0 Å². The minimum absolute atomic E-state index is 0. The average molecular weight is 273 g/mol. The Morgan fingerprint density at radius 1 is 1.33 bits per heavy atom. The molecule has 0 radical (unpaired) electrons. The molecule has 0 aromatic carbocycles. The van der Waals surface area contributed by atoms with Crippen molar-refractivity contribution in [2.24, 2.45) is 11.8 Å². The second-order valence-electron chi connectivity index (χ2n) is 5.23. The van der Waals surface area contributed by atoms with Crippen molar-refractivity contribution in [2.45, 2.75) is 26.3 Å². The van der Waals surface area contributed by atoms with E-state index in [-0.39, 0.29) is 12.4 Å². The van der Waals surface area contributed by atoms with Crippen molar-refractivity contribution in [3.05, 3.63) is 11.7 Å². The molecule has 1 N–H and O–H groups in total.